The van der Waals surface area contributed by atoms with E-state index in [0.717, 1.165) is 21.8 Å². The molecule has 2 fully saturated rings. The van der Waals surface area contributed by atoms with Crippen LogP contribution in [-0.4, -0.2) is 51.5 Å². The maximum Gasteiger partial charge on any atom is 0.325 e. The highest BCUT2D eigenvalue weighted by molar-refractivity contribution is 7.17. The molecule has 1 aliphatic heterocycles. The number of halogens is 2. The Morgan fingerprint density at radius 3 is 2.53 bits per heavy atom. The summed E-state index contributed by atoms with van der Waals surface area (Å²) in [6, 6.07) is 2.46. The Labute approximate surface area is 185 Å². The van der Waals surface area contributed by atoms with Crippen LogP contribution in [0.25, 0.3) is 10.4 Å². The van der Waals surface area contributed by atoms with Gasteiger partial charge in [-0.2, -0.15) is 0 Å². The predicted octanol–water partition coefficient (Wildman–Crippen LogP) is 2.90. The summed E-state index contributed by atoms with van der Waals surface area (Å²) < 4.78 is 27.0. The number of urea groups is 1. The average Bonchev–Trinajstić information content (AvgIpc) is 3.24. The lowest BCUT2D eigenvalue weighted by Crippen LogP contribution is -2.51. The fourth-order valence-corrected chi connectivity index (χ4v) is 5.11. The zero-order valence-electron chi connectivity index (χ0n) is 17.1. The van der Waals surface area contributed by atoms with Crippen molar-refractivity contribution in [2.75, 3.05) is 6.54 Å². The lowest BCUT2D eigenvalue weighted by atomic mass is 9.80. The van der Waals surface area contributed by atoms with Gasteiger partial charge >= 0.3 is 6.03 Å². The number of aromatic nitrogens is 1. The number of primary amides is 1. The van der Waals surface area contributed by atoms with Crippen LogP contribution in [0.4, 0.5) is 13.6 Å². The van der Waals surface area contributed by atoms with E-state index in [4.69, 9.17) is 5.73 Å². The van der Waals surface area contributed by atoms with E-state index in [-0.39, 0.29) is 18.4 Å². The molecule has 2 aliphatic rings. The lowest BCUT2D eigenvalue weighted by Gasteiger charge is -2.34. The molecule has 4 rings (SSSR count). The molecule has 1 spiro atoms. The molecule has 0 bridgehead atoms. The summed E-state index contributed by atoms with van der Waals surface area (Å²) in [4.78, 5) is 55.4. The average molecular weight is 462 g/mol. The predicted molar refractivity (Wildman–Crippen MR) is 112 cm³/mol. The molecular formula is C21H20F2N4O4S. The Hall–Kier alpha value is -3.21. The Morgan fingerprint density at radius 1 is 1.19 bits per heavy atom. The van der Waals surface area contributed by atoms with Crippen LogP contribution in [0.15, 0.2) is 24.5 Å². The highest BCUT2D eigenvalue weighted by atomic mass is 32.1. The highest BCUT2D eigenvalue weighted by Crippen LogP contribution is 2.41. The van der Waals surface area contributed by atoms with Gasteiger partial charge in [0.25, 0.3) is 5.91 Å². The van der Waals surface area contributed by atoms with Crippen LogP contribution in [0.3, 0.4) is 0 Å². The molecule has 0 unspecified atom stereocenters. The second kappa shape index (κ2) is 7.73. The molecule has 0 aromatic carbocycles. The third-order valence-electron chi connectivity index (χ3n) is 5.86. The first-order valence-electron chi connectivity index (χ1n) is 9.92. The molecule has 1 saturated heterocycles. The van der Waals surface area contributed by atoms with Gasteiger partial charge in [0.05, 0.1) is 17.0 Å². The van der Waals surface area contributed by atoms with Crippen molar-refractivity contribution < 1.29 is 28.0 Å². The Morgan fingerprint density at radius 2 is 1.88 bits per heavy atom. The summed E-state index contributed by atoms with van der Waals surface area (Å²) in [6.07, 6.45) is 1.57. The van der Waals surface area contributed by atoms with Crippen LogP contribution < -0.4 is 11.1 Å². The van der Waals surface area contributed by atoms with Gasteiger partial charge in [0.1, 0.15) is 5.54 Å². The van der Waals surface area contributed by atoms with Crippen molar-refractivity contribution in [2.45, 2.75) is 44.1 Å². The fraction of sp³-hybridized carbons (Fsp3) is 0.381. The quantitative estimate of drug-likeness (QED) is 0.523. The van der Waals surface area contributed by atoms with Crippen LogP contribution in [0.1, 0.15) is 51.3 Å². The number of thiophene rings is 1. The van der Waals surface area contributed by atoms with E-state index in [1.54, 1.807) is 25.3 Å². The number of alkyl halides is 2. The molecule has 8 nitrogen and oxygen atoms in total. The van der Waals surface area contributed by atoms with Gasteiger partial charge in [-0.3, -0.25) is 24.3 Å². The van der Waals surface area contributed by atoms with E-state index in [1.165, 1.54) is 6.20 Å². The van der Waals surface area contributed by atoms with Crippen LogP contribution in [0.2, 0.25) is 0 Å². The number of aryl methyl sites for hydroxylation is 1. The molecular weight excluding hydrogens is 442 g/mol. The van der Waals surface area contributed by atoms with Crippen LogP contribution in [-0.2, 0) is 4.79 Å². The van der Waals surface area contributed by atoms with Gasteiger partial charge < -0.3 is 11.1 Å². The maximum absolute atomic E-state index is 13.5. The normalized spacial score (nSPS) is 19.3. The van der Waals surface area contributed by atoms with E-state index in [1.807, 2.05) is 0 Å². The van der Waals surface area contributed by atoms with Gasteiger partial charge in [0.2, 0.25) is 11.8 Å². The summed E-state index contributed by atoms with van der Waals surface area (Å²) in [5, 5.41) is 2.53. The van der Waals surface area contributed by atoms with E-state index in [2.05, 4.69) is 10.3 Å². The number of nitrogens with two attached hydrogens (primary N) is 1. The number of rotatable bonds is 5. The van der Waals surface area contributed by atoms with Gasteiger partial charge in [-0.05, 0) is 37.5 Å². The molecule has 4 amide bonds. The van der Waals surface area contributed by atoms with E-state index in [9.17, 15) is 28.0 Å². The molecule has 3 N–H and O–H groups in total. The molecule has 1 aliphatic carbocycles. The van der Waals surface area contributed by atoms with Crippen molar-refractivity contribution in [3.05, 3.63) is 40.5 Å². The third kappa shape index (κ3) is 3.88. The summed E-state index contributed by atoms with van der Waals surface area (Å²) in [5.74, 6) is -4.58. The topological polar surface area (TPSA) is 122 Å². The number of carbonyl (C=O) groups is 4. The standard InChI is InChI=1S/C21H20F2N4O4S/c1-11-6-15(32-16(11)12-7-13(17(24)29)9-25-8-12)14(28)10-27-18(30)20(26-19(27)31)2-4-21(22,23)5-3-20/h6-9H,2-5,10H2,1H3,(H2,24,29)(H,26,31). The summed E-state index contributed by atoms with van der Waals surface area (Å²) in [5.41, 5.74) is 5.53. The largest absolute Gasteiger partial charge is 0.366 e. The Balaban J connectivity index is 1.52. The number of hydrogen-bond acceptors (Lipinski definition) is 6. The van der Waals surface area contributed by atoms with Crippen LogP contribution in [0, 0.1) is 6.92 Å². The number of nitrogens with zero attached hydrogens (tertiary/aromatic N) is 2. The zero-order chi connectivity index (χ0) is 23.3. The summed E-state index contributed by atoms with van der Waals surface area (Å²) in [6.45, 7) is 1.30. The number of ketones is 1. The number of nitrogens with one attached hydrogen (secondary N) is 1. The van der Waals surface area contributed by atoms with Gasteiger partial charge in [-0.25, -0.2) is 13.6 Å². The van der Waals surface area contributed by atoms with Gasteiger partial charge in [-0.1, -0.05) is 0 Å². The number of Topliss-reactive ketones (excluding diaryl/α,β-unsaturated/α-hetero) is 1. The maximum atomic E-state index is 13.5. The van der Waals surface area contributed by atoms with Crippen molar-refractivity contribution in [2.24, 2.45) is 5.73 Å². The fourth-order valence-electron chi connectivity index (χ4n) is 4.03. The zero-order valence-corrected chi connectivity index (χ0v) is 17.9. The van der Waals surface area contributed by atoms with Crippen molar-refractivity contribution >= 4 is 35.0 Å². The first-order chi connectivity index (χ1) is 15.0. The third-order valence-corrected chi connectivity index (χ3v) is 7.19. The van der Waals surface area contributed by atoms with Crippen molar-refractivity contribution in [1.29, 1.82) is 0 Å². The smallest absolute Gasteiger partial charge is 0.325 e. The molecule has 3 heterocycles. The molecule has 1 saturated carbocycles. The lowest BCUT2D eigenvalue weighted by molar-refractivity contribution is -0.135. The number of hydrogen-bond donors (Lipinski definition) is 2. The molecule has 0 radical (unpaired) electrons. The monoisotopic (exact) mass is 462 g/mol. The van der Waals surface area contributed by atoms with E-state index < -0.39 is 54.5 Å². The van der Waals surface area contributed by atoms with Crippen molar-refractivity contribution in [3.63, 3.8) is 0 Å². The van der Waals surface area contributed by atoms with E-state index >= 15 is 0 Å². The van der Waals surface area contributed by atoms with Crippen molar-refractivity contribution in [3.8, 4) is 10.4 Å². The molecule has 11 heteroatoms. The van der Waals surface area contributed by atoms with Gasteiger partial charge in [0, 0.05) is 35.7 Å². The van der Waals surface area contributed by atoms with Crippen molar-refractivity contribution in [1.82, 2.24) is 15.2 Å². The highest BCUT2D eigenvalue weighted by Gasteiger charge is 2.55. The van der Waals surface area contributed by atoms with Gasteiger partial charge in [-0.15, -0.1) is 11.3 Å². The Bertz CT molecular complexity index is 1140. The summed E-state index contributed by atoms with van der Waals surface area (Å²) >= 11 is 1.14. The second-order valence-electron chi connectivity index (χ2n) is 8.13. The minimum atomic E-state index is -2.86. The molecule has 2 aromatic heterocycles. The minimum Gasteiger partial charge on any atom is -0.366 e. The van der Waals surface area contributed by atoms with E-state index in [0.29, 0.717) is 15.3 Å². The molecule has 32 heavy (non-hydrogen) atoms. The number of imide groups is 1. The number of amides is 4. The van der Waals surface area contributed by atoms with Crippen LogP contribution in [0.5, 0.6) is 0 Å². The number of carbonyl (C=O) groups excluding carboxylic acids is 4. The van der Waals surface area contributed by atoms with Gasteiger partial charge in [0.15, 0.2) is 5.78 Å². The Kier molecular flexibility index (Phi) is 5.32. The molecule has 2 aromatic rings. The SMILES string of the molecule is Cc1cc(C(=O)CN2C(=O)NC3(CCC(F)(F)CC3)C2=O)sc1-c1cncc(C(N)=O)c1. The van der Waals surface area contributed by atoms with Crippen LogP contribution >= 0.6 is 11.3 Å². The summed E-state index contributed by atoms with van der Waals surface area (Å²) in [7, 11) is 0. The first kappa shape index (κ1) is 22.0. The minimum absolute atomic E-state index is 0.166. The molecule has 0 atom stereocenters. The first-order valence-corrected chi connectivity index (χ1v) is 10.7. The number of pyridine rings is 1. The second-order valence-corrected chi connectivity index (χ2v) is 9.18. The molecule has 168 valence electrons.